The molecular formula is C12H20N4OS. The monoisotopic (exact) mass is 268 g/mol. The van der Waals surface area contributed by atoms with Crippen LogP contribution < -0.4 is 5.73 Å². The van der Waals surface area contributed by atoms with E-state index in [1.165, 1.54) is 11.8 Å². The van der Waals surface area contributed by atoms with Gasteiger partial charge in [0.05, 0.1) is 5.75 Å². The topological polar surface area (TPSA) is 72.1 Å². The molecule has 0 fully saturated rings. The number of hydrogen-bond acceptors (Lipinski definition) is 5. The molecule has 6 heteroatoms. The number of hydrogen-bond donors (Lipinski definition) is 1. The van der Waals surface area contributed by atoms with Crippen LogP contribution in [0.25, 0.3) is 0 Å². The van der Waals surface area contributed by atoms with Gasteiger partial charge in [-0.2, -0.15) is 0 Å². The van der Waals surface area contributed by atoms with Gasteiger partial charge in [0.15, 0.2) is 5.82 Å². The van der Waals surface area contributed by atoms with Gasteiger partial charge in [0.25, 0.3) is 0 Å². The molecule has 1 amide bonds. The van der Waals surface area contributed by atoms with Crippen LogP contribution >= 0.6 is 11.8 Å². The maximum absolute atomic E-state index is 12.0. The Bertz CT molecular complexity index is 380. The second kappa shape index (κ2) is 7.92. The fourth-order valence-electron chi connectivity index (χ4n) is 1.57. The first-order valence-electron chi connectivity index (χ1n) is 6.16. The molecule has 0 unspecified atom stereocenters. The van der Waals surface area contributed by atoms with Gasteiger partial charge < -0.3 is 10.6 Å². The van der Waals surface area contributed by atoms with E-state index in [0.29, 0.717) is 16.6 Å². The second-order valence-corrected chi connectivity index (χ2v) is 4.88. The van der Waals surface area contributed by atoms with E-state index >= 15 is 0 Å². The Labute approximate surface area is 112 Å². The highest BCUT2D eigenvalue weighted by Crippen LogP contribution is 2.20. The van der Waals surface area contributed by atoms with Crippen molar-refractivity contribution < 1.29 is 4.79 Å². The molecule has 0 aromatic carbocycles. The molecule has 1 aromatic rings. The SMILES string of the molecule is CCCN(CCC)C(=O)CSc1nccnc1N. The highest BCUT2D eigenvalue weighted by Gasteiger charge is 2.13. The lowest BCUT2D eigenvalue weighted by molar-refractivity contribution is -0.128. The third kappa shape index (κ3) is 4.52. The molecule has 0 aliphatic carbocycles. The molecule has 0 atom stereocenters. The van der Waals surface area contributed by atoms with Crippen molar-refractivity contribution in [3.8, 4) is 0 Å². The third-order valence-electron chi connectivity index (χ3n) is 2.36. The fourth-order valence-corrected chi connectivity index (χ4v) is 2.35. The Morgan fingerprint density at radius 1 is 1.28 bits per heavy atom. The zero-order valence-corrected chi connectivity index (χ0v) is 11.7. The molecule has 1 rings (SSSR count). The summed E-state index contributed by atoms with van der Waals surface area (Å²) in [5, 5.41) is 0.624. The van der Waals surface area contributed by atoms with Gasteiger partial charge in [-0.25, -0.2) is 9.97 Å². The molecule has 5 nitrogen and oxygen atoms in total. The lowest BCUT2D eigenvalue weighted by Gasteiger charge is -2.21. The summed E-state index contributed by atoms with van der Waals surface area (Å²) in [6, 6.07) is 0. The number of nitrogens with zero attached hydrogens (tertiary/aromatic N) is 3. The summed E-state index contributed by atoms with van der Waals surface area (Å²) >= 11 is 1.35. The van der Waals surface area contributed by atoms with Gasteiger partial charge in [-0.1, -0.05) is 25.6 Å². The van der Waals surface area contributed by atoms with Crippen molar-refractivity contribution in [2.24, 2.45) is 0 Å². The van der Waals surface area contributed by atoms with Crippen molar-refractivity contribution in [3.63, 3.8) is 0 Å². The van der Waals surface area contributed by atoms with Crippen molar-refractivity contribution in [2.45, 2.75) is 31.7 Å². The molecule has 0 bridgehead atoms. The normalized spacial score (nSPS) is 10.3. The maximum atomic E-state index is 12.0. The van der Waals surface area contributed by atoms with Crippen LogP contribution in [0.15, 0.2) is 17.4 Å². The minimum absolute atomic E-state index is 0.133. The van der Waals surface area contributed by atoms with Gasteiger partial charge in [-0.3, -0.25) is 4.79 Å². The molecule has 18 heavy (non-hydrogen) atoms. The fraction of sp³-hybridized carbons (Fsp3) is 0.583. The molecular weight excluding hydrogens is 248 g/mol. The van der Waals surface area contributed by atoms with Crippen molar-refractivity contribution in [1.82, 2.24) is 14.9 Å². The molecule has 1 aromatic heterocycles. The molecule has 0 radical (unpaired) electrons. The standard InChI is InChI=1S/C12H20N4OS/c1-3-7-16(8-4-2)10(17)9-18-12-11(13)14-5-6-15-12/h5-6H,3-4,7-9H2,1-2H3,(H2,13,14). The van der Waals surface area contributed by atoms with Gasteiger partial charge in [-0.05, 0) is 12.8 Å². The Morgan fingerprint density at radius 2 is 1.89 bits per heavy atom. The van der Waals surface area contributed by atoms with E-state index < -0.39 is 0 Å². The highest BCUT2D eigenvalue weighted by atomic mass is 32.2. The minimum atomic E-state index is 0.133. The van der Waals surface area contributed by atoms with Crippen LogP contribution in [0.2, 0.25) is 0 Å². The zero-order chi connectivity index (χ0) is 13.4. The summed E-state index contributed by atoms with van der Waals surface area (Å²) in [5.74, 6) is 0.879. The van der Waals surface area contributed by atoms with Crippen LogP contribution in [0.1, 0.15) is 26.7 Å². The van der Waals surface area contributed by atoms with Crippen molar-refractivity contribution in [3.05, 3.63) is 12.4 Å². The number of nitrogen functional groups attached to an aromatic ring is 1. The summed E-state index contributed by atoms with van der Waals surface area (Å²) < 4.78 is 0. The number of nitrogens with two attached hydrogens (primary N) is 1. The van der Waals surface area contributed by atoms with E-state index in [0.717, 1.165) is 25.9 Å². The highest BCUT2D eigenvalue weighted by molar-refractivity contribution is 8.00. The summed E-state index contributed by atoms with van der Waals surface area (Å²) in [6.07, 6.45) is 5.08. The molecule has 0 saturated heterocycles. The minimum Gasteiger partial charge on any atom is -0.381 e. The van der Waals surface area contributed by atoms with E-state index in [9.17, 15) is 4.79 Å². The van der Waals surface area contributed by atoms with Gasteiger partial charge in [0.2, 0.25) is 5.91 Å². The van der Waals surface area contributed by atoms with Crippen LogP contribution in [0.5, 0.6) is 0 Å². The predicted molar refractivity (Wildman–Crippen MR) is 74.3 cm³/mol. The average Bonchev–Trinajstić information content (AvgIpc) is 2.37. The molecule has 100 valence electrons. The third-order valence-corrected chi connectivity index (χ3v) is 3.34. The lowest BCUT2D eigenvalue weighted by Crippen LogP contribution is -2.33. The number of anilines is 1. The second-order valence-electron chi connectivity index (χ2n) is 3.92. The van der Waals surface area contributed by atoms with Crippen LogP contribution in [0.3, 0.4) is 0 Å². The van der Waals surface area contributed by atoms with E-state index in [1.54, 1.807) is 12.4 Å². The number of carbonyl (C=O) groups is 1. The first kappa shape index (κ1) is 14.8. The summed E-state index contributed by atoms with van der Waals surface area (Å²) in [4.78, 5) is 22.0. The van der Waals surface area contributed by atoms with E-state index in [-0.39, 0.29) is 5.91 Å². The van der Waals surface area contributed by atoms with Gasteiger partial charge in [-0.15, -0.1) is 0 Å². The molecule has 1 heterocycles. The lowest BCUT2D eigenvalue weighted by atomic mass is 10.3. The molecule has 0 saturated carbocycles. The summed E-state index contributed by atoms with van der Waals surface area (Å²) in [7, 11) is 0. The number of rotatable bonds is 7. The number of amides is 1. The van der Waals surface area contributed by atoms with E-state index in [2.05, 4.69) is 23.8 Å². The van der Waals surface area contributed by atoms with Crippen LogP contribution in [0.4, 0.5) is 5.82 Å². The molecule has 0 aliphatic heterocycles. The van der Waals surface area contributed by atoms with Crippen LogP contribution in [0, 0.1) is 0 Å². The Balaban J connectivity index is 2.51. The quantitative estimate of drug-likeness (QED) is 0.763. The molecule has 2 N–H and O–H groups in total. The number of aromatic nitrogens is 2. The van der Waals surface area contributed by atoms with Gasteiger partial charge in [0, 0.05) is 25.5 Å². The number of thioether (sulfide) groups is 1. The van der Waals surface area contributed by atoms with Crippen molar-refractivity contribution >= 4 is 23.5 Å². The summed E-state index contributed by atoms with van der Waals surface area (Å²) in [5.41, 5.74) is 5.68. The first-order valence-corrected chi connectivity index (χ1v) is 7.14. The van der Waals surface area contributed by atoms with Crippen molar-refractivity contribution in [1.29, 1.82) is 0 Å². The predicted octanol–water partition coefficient (Wildman–Crippen LogP) is 1.80. The van der Waals surface area contributed by atoms with Crippen molar-refractivity contribution in [2.75, 3.05) is 24.6 Å². The van der Waals surface area contributed by atoms with E-state index in [1.807, 2.05) is 4.90 Å². The van der Waals surface area contributed by atoms with Gasteiger partial charge >= 0.3 is 0 Å². The van der Waals surface area contributed by atoms with Crippen LogP contribution in [-0.2, 0) is 4.79 Å². The number of carbonyl (C=O) groups excluding carboxylic acids is 1. The van der Waals surface area contributed by atoms with Gasteiger partial charge in [0.1, 0.15) is 5.03 Å². The Morgan fingerprint density at radius 3 is 2.44 bits per heavy atom. The maximum Gasteiger partial charge on any atom is 0.232 e. The molecule has 0 spiro atoms. The first-order chi connectivity index (χ1) is 8.69. The zero-order valence-electron chi connectivity index (χ0n) is 10.9. The smallest absolute Gasteiger partial charge is 0.232 e. The Hall–Kier alpha value is -1.30. The average molecular weight is 268 g/mol. The summed E-state index contributed by atoms with van der Waals surface area (Å²) in [6.45, 7) is 5.76. The Kier molecular flexibility index (Phi) is 6.49. The largest absolute Gasteiger partial charge is 0.381 e. The van der Waals surface area contributed by atoms with Crippen LogP contribution in [-0.4, -0.2) is 39.6 Å². The molecule has 0 aliphatic rings. The van der Waals surface area contributed by atoms with E-state index in [4.69, 9.17) is 5.73 Å².